The molecule has 2 rings (SSSR count). The predicted octanol–water partition coefficient (Wildman–Crippen LogP) is 3.27. The van der Waals surface area contributed by atoms with Crippen LogP contribution < -0.4 is 61.2 Å². The average molecular weight is 473 g/mol. The monoisotopic (exact) mass is 472 g/mol. The van der Waals surface area contributed by atoms with Crippen molar-refractivity contribution in [2.45, 2.75) is 82.4 Å². The van der Waals surface area contributed by atoms with Crippen molar-refractivity contribution in [3.8, 4) is 17.2 Å². The third-order valence-electron chi connectivity index (χ3n) is 5.18. The number of hydrogen-bond donors (Lipinski definition) is 1. The Balaban J connectivity index is 0.00000480. The Kier molecular flexibility index (Phi) is 14.2. The van der Waals surface area contributed by atoms with Gasteiger partial charge in [0.25, 0.3) is 10.1 Å². The van der Waals surface area contributed by atoms with Crippen LogP contribution in [0.15, 0.2) is 47.4 Å². The van der Waals surface area contributed by atoms with E-state index in [1.54, 1.807) is 24.3 Å². The molecule has 2 aromatic carbocycles. The zero-order valence-electron chi connectivity index (χ0n) is 18.8. The van der Waals surface area contributed by atoms with Crippen molar-refractivity contribution in [3.05, 3.63) is 48.0 Å². The average Bonchev–Trinajstić information content (AvgIpc) is 2.71. The Morgan fingerprint density at radius 2 is 1.42 bits per heavy atom. The fraction of sp³-hybridized carbons (Fsp3) is 0.500. The Morgan fingerprint density at radius 3 is 1.97 bits per heavy atom. The first-order valence-electron chi connectivity index (χ1n) is 11.0. The summed E-state index contributed by atoms with van der Waals surface area (Å²) in [4.78, 5) is -0.246. The van der Waals surface area contributed by atoms with Gasteiger partial charge in [-0.25, -0.2) is 0 Å². The Hall–Kier alpha value is -0.414. The molecule has 1 N–H and O–H groups in total. The maximum atomic E-state index is 12.4. The van der Waals surface area contributed by atoms with Gasteiger partial charge in [-0.2, -0.15) is 8.42 Å². The topological polar surface area (TPSA) is 86.7 Å². The van der Waals surface area contributed by atoms with Crippen molar-refractivity contribution >= 4 is 10.1 Å². The number of aryl methyl sites for hydroxylation is 1. The van der Waals surface area contributed by atoms with Gasteiger partial charge < -0.3 is 9.84 Å². The van der Waals surface area contributed by atoms with Gasteiger partial charge >= 0.3 is 51.4 Å². The van der Waals surface area contributed by atoms with Crippen molar-refractivity contribution in [3.63, 3.8) is 0 Å². The molecule has 0 heterocycles. The van der Waals surface area contributed by atoms with Gasteiger partial charge in [-0.15, -0.1) is 0 Å². The minimum atomic E-state index is -4.45. The van der Waals surface area contributed by atoms with Crippen LogP contribution in [0.3, 0.4) is 0 Å². The van der Waals surface area contributed by atoms with E-state index in [-0.39, 0.29) is 62.0 Å². The first-order chi connectivity index (χ1) is 14.4. The summed E-state index contributed by atoms with van der Waals surface area (Å²) >= 11 is 0. The molecule has 0 spiro atoms. The number of unbranched alkanes of at least 4 members (excludes halogenated alkanes) is 9. The van der Waals surface area contributed by atoms with Crippen LogP contribution >= 0.6 is 0 Å². The van der Waals surface area contributed by atoms with Crippen LogP contribution in [0.25, 0.3) is 0 Å². The van der Waals surface area contributed by atoms with Gasteiger partial charge in [0, 0.05) is 6.07 Å². The van der Waals surface area contributed by atoms with Crippen LogP contribution in [-0.4, -0.2) is 13.0 Å². The molecular formula is C24H33KO5S. The molecule has 0 bridgehead atoms. The van der Waals surface area contributed by atoms with Crippen molar-refractivity contribution in [2.24, 2.45) is 0 Å². The first-order valence-corrected chi connectivity index (χ1v) is 12.4. The van der Waals surface area contributed by atoms with Gasteiger partial charge in [-0.1, -0.05) is 94.7 Å². The smallest absolute Gasteiger partial charge is 0.870 e. The molecule has 0 aliphatic heterocycles. The van der Waals surface area contributed by atoms with Gasteiger partial charge in [-0.05, 0) is 30.5 Å². The number of para-hydroxylation sites is 1. The molecule has 0 atom stereocenters. The van der Waals surface area contributed by atoms with E-state index in [0.717, 1.165) is 25.3 Å². The molecule has 0 aliphatic rings. The Labute approximate surface area is 229 Å². The molecule has 7 heteroatoms. The molecule has 31 heavy (non-hydrogen) atoms. The van der Waals surface area contributed by atoms with E-state index >= 15 is 0 Å². The van der Waals surface area contributed by atoms with Crippen molar-refractivity contribution in [2.75, 3.05) is 0 Å². The van der Waals surface area contributed by atoms with Gasteiger partial charge in [0.2, 0.25) is 0 Å². The van der Waals surface area contributed by atoms with E-state index in [2.05, 4.69) is 6.92 Å². The summed E-state index contributed by atoms with van der Waals surface area (Å²) in [5.41, 5.74) is 0.350. The van der Waals surface area contributed by atoms with E-state index < -0.39 is 15.9 Å². The summed E-state index contributed by atoms with van der Waals surface area (Å²) in [5, 5.41) is 12.4. The largest absolute Gasteiger partial charge is 1.00 e. The quantitative estimate of drug-likeness (QED) is 0.259. The second-order valence-electron chi connectivity index (χ2n) is 7.73. The molecule has 5 nitrogen and oxygen atoms in total. The summed E-state index contributed by atoms with van der Waals surface area (Å²) < 4.78 is 38.8. The second-order valence-corrected chi connectivity index (χ2v) is 9.12. The number of rotatable bonds is 14. The van der Waals surface area contributed by atoms with Gasteiger partial charge in [0.15, 0.2) is 0 Å². The molecule has 0 saturated heterocycles. The molecule has 0 amide bonds. The summed E-state index contributed by atoms with van der Waals surface area (Å²) in [5.74, 6) is -0.0766. The normalized spacial score (nSPS) is 11.2. The Morgan fingerprint density at radius 1 is 0.871 bits per heavy atom. The van der Waals surface area contributed by atoms with Crippen LogP contribution in [0.5, 0.6) is 17.2 Å². The minimum Gasteiger partial charge on any atom is -0.870 e. The predicted molar refractivity (Wildman–Crippen MR) is 118 cm³/mol. The van der Waals surface area contributed by atoms with Crippen molar-refractivity contribution < 1.29 is 74.2 Å². The summed E-state index contributed by atoms with van der Waals surface area (Å²) in [6.45, 7) is 2.22. The number of ether oxygens (including phenoxy) is 1. The molecule has 166 valence electrons. The summed E-state index contributed by atoms with van der Waals surface area (Å²) in [6, 6.07) is 11.1. The van der Waals surface area contributed by atoms with Crippen molar-refractivity contribution in [1.82, 2.24) is 0 Å². The van der Waals surface area contributed by atoms with Crippen LogP contribution in [0.1, 0.15) is 76.7 Å². The van der Waals surface area contributed by atoms with Gasteiger partial charge in [-0.3, -0.25) is 4.55 Å². The van der Waals surface area contributed by atoms with E-state index in [4.69, 9.17) is 4.74 Å². The second kappa shape index (κ2) is 15.4. The third kappa shape index (κ3) is 10.8. The molecule has 0 aliphatic carbocycles. The van der Waals surface area contributed by atoms with Crippen LogP contribution in [0.2, 0.25) is 0 Å². The van der Waals surface area contributed by atoms with Gasteiger partial charge in [0.05, 0.1) is 0 Å². The third-order valence-corrected chi connectivity index (χ3v) is 6.11. The molecule has 2 aromatic rings. The fourth-order valence-electron chi connectivity index (χ4n) is 3.52. The number of benzene rings is 2. The summed E-state index contributed by atoms with van der Waals surface area (Å²) in [7, 11) is -4.45. The molecular weight excluding hydrogens is 439 g/mol. The van der Waals surface area contributed by atoms with Crippen LogP contribution in [0, 0.1) is 0 Å². The zero-order valence-corrected chi connectivity index (χ0v) is 22.7. The molecule has 0 unspecified atom stereocenters. The maximum absolute atomic E-state index is 12.4. The molecule has 0 aromatic heterocycles. The summed E-state index contributed by atoms with van der Waals surface area (Å²) in [6.07, 6.45) is 12.1. The van der Waals surface area contributed by atoms with Crippen molar-refractivity contribution in [1.29, 1.82) is 0 Å². The van der Waals surface area contributed by atoms with E-state index in [1.807, 2.05) is 6.07 Å². The van der Waals surface area contributed by atoms with Gasteiger partial charge in [0.1, 0.15) is 16.4 Å². The number of hydrogen-bond acceptors (Lipinski definition) is 4. The van der Waals surface area contributed by atoms with E-state index in [0.29, 0.717) is 17.7 Å². The molecule has 0 saturated carbocycles. The minimum absolute atomic E-state index is 0. The standard InChI is InChI=1S/C24H34O5S.K/c1-2-3-4-5-6-7-8-9-10-12-15-20-18-22(25)23(19-24(20)30(26,27)28)29-21-16-13-11-14-17-21;/h11,13-14,16-19,25H,2-10,12,15H2,1H3,(H,26,27,28);/q;+1/p-1. The zero-order chi connectivity index (χ0) is 21.8. The van der Waals surface area contributed by atoms with E-state index in [9.17, 15) is 18.1 Å². The first kappa shape index (κ1) is 28.6. The fourth-order valence-corrected chi connectivity index (χ4v) is 4.27. The molecule has 0 fully saturated rings. The van der Waals surface area contributed by atoms with Crippen LogP contribution in [-0.2, 0) is 16.5 Å². The maximum Gasteiger partial charge on any atom is 1.00 e. The van der Waals surface area contributed by atoms with Crippen LogP contribution in [0.4, 0.5) is 0 Å². The Bertz CT molecular complexity index is 869. The SMILES string of the molecule is CCCCCCCCCCCCc1cc([O-])c(Oc2ccccc2)cc1S(=O)(=O)O.[K+]. The van der Waals surface area contributed by atoms with E-state index in [1.165, 1.54) is 51.0 Å². The molecule has 0 radical (unpaired) electrons.